The molecule has 2 aliphatic heterocycles. The summed E-state index contributed by atoms with van der Waals surface area (Å²) >= 11 is 0. The van der Waals surface area contributed by atoms with Crippen molar-refractivity contribution in [2.45, 2.75) is 31.4 Å². The summed E-state index contributed by atoms with van der Waals surface area (Å²) in [4.78, 5) is 2.44. The summed E-state index contributed by atoms with van der Waals surface area (Å²) in [6, 6.07) is 8.58. The number of para-hydroxylation sites is 2. The first-order valence-electron chi connectivity index (χ1n) is 7.62. The predicted octanol–water partition coefficient (Wildman–Crippen LogP) is 1.90. The molecule has 0 bridgehead atoms. The van der Waals surface area contributed by atoms with Crippen LogP contribution in [0.1, 0.15) is 19.3 Å². The van der Waals surface area contributed by atoms with Gasteiger partial charge < -0.3 is 14.8 Å². The fourth-order valence-electron chi connectivity index (χ4n) is 3.06. The molecule has 1 aromatic rings. The SMILES string of the molecule is CN(CC1COc2ccccc2O1)C1CCCNCC1. The number of hydrogen-bond donors (Lipinski definition) is 1. The van der Waals surface area contributed by atoms with Crippen LogP contribution >= 0.6 is 0 Å². The number of fused-ring (bicyclic) bond motifs is 1. The second-order valence-electron chi connectivity index (χ2n) is 5.77. The second kappa shape index (κ2) is 6.46. The lowest BCUT2D eigenvalue weighted by molar-refractivity contribution is 0.0526. The van der Waals surface area contributed by atoms with Crippen LogP contribution in [-0.4, -0.2) is 50.3 Å². The number of hydrogen-bond acceptors (Lipinski definition) is 4. The Hall–Kier alpha value is -1.26. The Labute approximate surface area is 121 Å². The maximum Gasteiger partial charge on any atom is 0.161 e. The minimum Gasteiger partial charge on any atom is -0.486 e. The van der Waals surface area contributed by atoms with Gasteiger partial charge in [0.15, 0.2) is 11.5 Å². The molecule has 4 heteroatoms. The van der Waals surface area contributed by atoms with Crippen molar-refractivity contribution >= 4 is 0 Å². The van der Waals surface area contributed by atoms with E-state index in [9.17, 15) is 0 Å². The molecule has 2 atom stereocenters. The zero-order valence-electron chi connectivity index (χ0n) is 12.2. The summed E-state index contributed by atoms with van der Waals surface area (Å²) in [6.45, 7) is 3.85. The van der Waals surface area contributed by atoms with Gasteiger partial charge in [0.25, 0.3) is 0 Å². The van der Waals surface area contributed by atoms with Gasteiger partial charge in [-0.15, -0.1) is 0 Å². The van der Waals surface area contributed by atoms with Gasteiger partial charge in [-0.25, -0.2) is 0 Å². The average Bonchev–Trinajstić information content (AvgIpc) is 2.76. The molecule has 2 aliphatic rings. The van der Waals surface area contributed by atoms with Gasteiger partial charge in [-0.05, 0) is 51.5 Å². The van der Waals surface area contributed by atoms with E-state index in [0.29, 0.717) is 12.6 Å². The van der Waals surface area contributed by atoms with E-state index in [0.717, 1.165) is 31.1 Å². The summed E-state index contributed by atoms with van der Waals surface area (Å²) in [5.41, 5.74) is 0. The second-order valence-corrected chi connectivity index (χ2v) is 5.77. The molecular formula is C16H24N2O2. The molecule has 1 aromatic carbocycles. The molecule has 0 aliphatic carbocycles. The molecule has 1 saturated heterocycles. The minimum absolute atomic E-state index is 0.131. The molecule has 110 valence electrons. The van der Waals surface area contributed by atoms with Crippen molar-refractivity contribution in [3.05, 3.63) is 24.3 Å². The highest BCUT2D eigenvalue weighted by atomic mass is 16.6. The van der Waals surface area contributed by atoms with Crippen molar-refractivity contribution in [2.75, 3.05) is 33.3 Å². The quantitative estimate of drug-likeness (QED) is 0.914. The van der Waals surface area contributed by atoms with Crippen LogP contribution in [0.5, 0.6) is 11.5 Å². The fourth-order valence-corrected chi connectivity index (χ4v) is 3.06. The highest BCUT2D eigenvalue weighted by molar-refractivity contribution is 5.40. The van der Waals surface area contributed by atoms with Gasteiger partial charge in [0.2, 0.25) is 0 Å². The van der Waals surface area contributed by atoms with E-state index in [1.165, 1.54) is 19.3 Å². The molecule has 0 radical (unpaired) electrons. The third kappa shape index (κ3) is 3.25. The molecule has 0 amide bonds. The van der Waals surface area contributed by atoms with Gasteiger partial charge in [0, 0.05) is 12.6 Å². The summed E-state index contributed by atoms with van der Waals surface area (Å²) in [6.07, 6.45) is 3.89. The van der Waals surface area contributed by atoms with Crippen molar-refractivity contribution in [3.8, 4) is 11.5 Å². The minimum atomic E-state index is 0.131. The van der Waals surface area contributed by atoms with Crippen LogP contribution in [0.4, 0.5) is 0 Å². The maximum atomic E-state index is 6.04. The molecule has 1 N–H and O–H groups in total. The lowest BCUT2D eigenvalue weighted by atomic mass is 10.1. The van der Waals surface area contributed by atoms with Crippen LogP contribution < -0.4 is 14.8 Å². The number of nitrogens with one attached hydrogen (secondary N) is 1. The van der Waals surface area contributed by atoms with E-state index in [4.69, 9.17) is 9.47 Å². The van der Waals surface area contributed by atoms with E-state index in [2.05, 4.69) is 17.3 Å². The van der Waals surface area contributed by atoms with Crippen molar-refractivity contribution < 1.29 is 9.47 Å². The van der Waals surface area contributed by atoms with Crippen molar-refractivity contribution in [1.82, 2.24) is 10.2 Å². The Morgan fingerprint density at radius 1 is 1.20 bits per heavy atom. The van der Waals surface area contributed by atoms with Gasteiger partial charge >= 0.3 is 0 Å². The zero-order chi connectivity index (χ0) is 13.8. The Morgan fingerprint density at radius 3 is 2.95 bits per heavy atom. The van der Waals surface area contributed by atoms with Gasteiger partial charge in [-0.3, -0.25) is 4.90 Å². The predicted molar refractivity (Wildman–Crippen MR) is 79.5 cm³/mol. The normalized spacial score (nSPS) is 26.3. The highest BCUT2D eigenvalue weighted by Crippen LogP contribution is 2.31. The number of nitrogens with zero attached hydrogens (tertiary/aromatic N) is 1. The molecule has 0 saturated carbocycles. The molecule has 20 heavy (non-hydrogen) atoms. The third-order valence-electron chi connectivity index (χ3n) is 4.23. The Bertz CT molecular complexity index is 430. The van der Waals surface area contributed by atoms with E-state index in [1.807, 2.05) is 24.3 Å². The van der Waals surface area contributed by atoms with Gasteiger partial charge in [-0.1, -0.05) is 12.1 Å². The van der Waals surface area contributed by atoms with E-state index < -0.39 is 0 Å². The first kappa shape index (κ1) is 13.7. The van der Waals surface area contributed by atoms with Crippen LogP contribution in [-0.2, 0) is 0 Å². The summed E-state index contributed by atoms with van der Waals surface area (Å²) in [5.74, 6) is 1.74. The molecule has 2 unspecified atom stereocenters. The summed E-state index contributed by atoms with van der Waals surface area (Å²) < 4.78 is 11.8. The standard InChI is InChI=1S/C16H24N2O2/c1-18(13-5-4-9-17-10-8-13)11-14-12-19-15-6-2-3-7-16(15)20-14/h2-3,6-7,13-14,17H,4-5,8-12H2,1H3. The molecule has 3 rings (SSSR count). The summed E-state index contributed by atoms with van der Waals surface area (Å²) in [7, 11) is 2.21. The zero-order valence-corrected chi connectivity index (χ0v) is 12.2. The van der Waals surface area contributed by atoms with Crippen LogP contribution in [0.2, 0.25) is 0 Å². The van der Waals surface area contributed by atoms with E-state index in [-0.39, 0.29) is 6.10 Å². The number of likely N-dealkylation sites (N-methyl/N-ethyl adjacent to an activating group) is 1. The molecule has 0 aromatic heterocycles. The fraction of sp³-hybridized carbons (Fsp3) is 0.625. The first-order chi connectivity index (χ1) is 9.83. The molecule has 4 nitrogen and oxygen atoms in total. The average molecular weight is 276 g/mol. The monoisotopic (exact) mass is 276 g/mol. The highest BCUT2D eigenvalue weighted by Gasteiger charge is 2.25. The van der Waals surface area contributed by atoms with Gasteiger partial charge in [0.1, 0.15) is 12.7 Å². The summed E-state index contributed by atoms with van der Waals surface area (Å²) in [5, 5.41) is 3.47. The number of benzene rings is 1. The molecular weight excluding hydrogens is 252 g/mol. The Kier molecular flexibility index (Phi) is 4.43. The van der Waals surface area contributed by atoms with Crippen molar-refractivity contribution in [1.29, 1.82) is 0 Å². The van der Waals surface area contributed by atoms with Gasteiger partial charge in [0.05, 0.1) is 0 Å². The van der Waals surface area contributed by atoms with Crippen LogP contribution in [0.3, 0.4) is 0 Å². The largest absolute Gasteiger partial charge is 0.486 e. The molecule has 0 spiro atoms. The number of ether oxygens (including phenoxy) is 2. The topological polar surface area (TPSA) is 33.7 Å². The lowest BCUT2D eigenvalue weighted by Gasteiger charge is -2.33. The van der Waals surface area contributed by atoms with E-state index >= 15 is 0 Å². The Morgan fingerprint density at radius 2 is 2.05 bits per heavy atom. The smallest absolute Gasteiger partial charge is 0.161 e. The maximum absolute atomic E-state index is 6.04. The van der Waals surface area contributed by atoms with E-state index in [1.54, 1.807) is 0 Å². The molecule has 2 heterocycles. The third-order valence-corrected chi connectivity index (χ3v) is 4.23. The van der Waals surface area contributed by atoms with Gasteiger partial charge in [-0.2, -0.15) is 0 Å². The van der Waals surface area contributed by atoms with Crippen LogP contribution in [0.15, 0.2) is 24.3 Å². The molecule has 1 fully saturated rings. The Balaban J connectivity index is 1.56. The van der Waals surface area contributed by atoms with Crippen molar-refractivity contribution in [3.63, 3.8) is 0 Å². The van der Waals surface area contributed by atoms with Crippen LogP contribution in [0.25, 0.3) is 0 Å². The first-order valence-corrected chi connectivity index (χ1v) is 7.62. The van der Waals surface area contributed by atoms with Crippen molar-refractivity contribution in [2.24, 2.45) is 0 Å². The van der Waals surface area contributed by atoms with Crippen LogP contribution in [0, 0.1) is 0 Å². The lowest BCUT2D eigenvalue weighted by Crippen LogP contribution is -2.43. The number of rotatable bonds is 3.